The zero-order chi connectivity index (χ0) is 16.6. The van der Waals surface area contributed by atoms with Crippen molar-refractivity contribution >= 4 is 57.4 Å². The Morgan fingerprint density at radius 1 is 1.14 bits per heavy atom. The number of halogens is 2. The fraction of sp³-hybridized carbons (Fsp3) is 0.455. The van der Waals surface area contributed by atoms with E-state index >= 15 is 0 Å². The zero-order valence-electron chi connectivity index (χ0n) is 11.6. The Kier molecular flexibility index (Phi) is 5.53. The highest BCUT2D eigenvalue weighted by Crippen LogP contribution is 2.32. The van der Waals surface area contributed by atoms with Crippen LogP contribution in [0, 0.1) is 0 Å². The lowest BCUT2D eigenvalue weighted by atomic mass is 10.2. The van der Waals surface area contributed by atoms with Gasteiger partial charge in [0.25, 0.3) is 0 Å². The molecule has 0 bridgehead atoms. The molecular weight excluding hydrogens is 448 g/mol. The van der Waals surface area contributed by atoms with E-state index in [0.29, 0.717) is 14.6 Å². The Morgan fingerprint density at radius 3 is 1.95 bits per heavy atom. The third kappa shape index (κ3) is 4.41. The summed E-state index contributed by atoms with van der Waals surface area (Å²) in [7, 11) is -7.30. The van der Waals surface area contributed by atoms with Crippen molar-refractivity contribution in [2.45, 2.75) is 23.5 Å². The summed E-state index contributed by atoms with van der Waals surface area (Å²) in [5, 5.41) is 0. The molecule has 0 aliphatic carbocycles. The highest BCUT2D eigenvalue weighted by molar-refractivity contribution is 9.11. The summed E-state index contributed by atoms with van der Waals surface area (Å²) in [6, 6.07) is 2.92. The first-order chi connectivity index (χ1) is 9.28. The predicted octanol–water partition coefficient (Wildman–Crippen LogP) is 1.90. The molecule has 0 aliphatic heterocycles. The Hall–Kier alpha value is -0.160. The van der Waals surface area contributed by atoms with E-state index < -0.39 is 24.6 Å². The molecule has 1 aromatic rings. The minimum Gasteiger partial charge on any atom is -0.399 e. The molecule has 0 spiro atoms. The van der Waals surface area contributed by atoms with Crippen LogP contribution in [0.15, 0.2) is 26.0 Å². The Balaban J connectivity index is 3.16. The first kappa shape index (κ1) is 18.9. The summed E-state index contributed by atoms with van der Waals surface area (Å²) in [4.78, 5) is -0.0269. The fourth-order valence-corrected chi connectivity index (χ4v) is 5.56. The number of sulfonamides is 1. The van der Waals surface area contributed by atoms with Gasteiger partial charge in [-0.3, -0.25) is 0 Å². The number of hydrogen-bond acceptors (Lipinski definition) is 5. The van der Waals surface area contributed by atoms with E-state index in [-0.39, 0.29) is 11.4 Å². The van der Waals surface area contributed by atoms with Crippen molar-refractivity contribution in [2.75, 3.05) is 18.5 Å². The summed E-state index contributed by atoms with van der Waals surface area (Å²) in [6.45, 7) is 2.67. The van der Waals surface area contributed by atoms with Crippen molar-refractivity contribution in [3.8, 4) is 0 Å². The van der Waals surface area contributed by atoms with Crippen molar-refractivity contribution in [3.05, 3.63) is 21.1 Å². The molecule has 10 heteroatoms. The Bertz CT molecular complexity index is 735. The maximum atomic E-state index is 12.4. The predicted molar refractivity (Wildman–Crippen MR) is 90.4 cm³/mol. The average molecular weight is 464 g/mol. The van der Waals surface area contributed by atoms with Crippen LogP contribution in [-0.4, -0.2) is 34.4 Å². The largest absolute Gasteiger partial charge is 0.399 e. The number of sulfone groups is 1. The second-order valence-corrected chi connectivity index (χ2v) is 11.2. The average Bonchev–Trinajstić information content (AvgIpc) is 2.23. The fourth-order valence-electron chi connectivity index (χ4n) is 1.31. The molecule has 0 amide bonds. The monoisotopic (exact) mass is 462 g/mol. The first-order valence-electron chi connectivity index (χ1n) is 5.72. The van der Waals surface area contributed by atoms with Gasteiger partial charge < -0.3 is 5.73 Å². The van der Waals surface area contributed by atoms with Crippen molar-refractivity contribution in [1.82, 2.24) is 4.72 Å². The van der Waals surface area contributed by atoms with Crippen LogP contribution in [0.1, 0.15) is 13.8 Å². The van der Waals surface area contributed by atoms with Crippen molar-refractivity contribution in [1.29, 1.82) is 0 Å². The minimum atomic E-state index is -3.90. The number of hydrogen-bond donors (Lipinski definition) is 2. The summed E-state index contributed by atoms with van der Waals surface area (Å²) >= 11 is 6.29. The molecule has 6 nitrogen and oxygen atoms in total. The van der Waals surface area contributed by atoms with Crippen LogP contribution in [-0.2, 0) is 19.9 Å². The quantitative estimate of drug-likeness (QED) is 0.648. The number of anilines is 1. The molecule has 0 aromatic heterocycles. The van der Waals surface area contributed by atoms with Crippen LogP contribution < -0.4 is 10.5 Å². The van der Waals surface area contributed by atoms with Crippen molar-refractivity contribution in [3.63, 3.8) is 0 Å². The maximum Gasteiger partial charge on any atom is 0.242 e. The maximum absolute atomic E-state index is 12.4. The highest BCUT2D eigenvalue weighted by atomic mass is 79.9. The molecular formula is C11H16Br2N2O4S2. The van der Waals surface area contributed by atoms with Gasteiger partial charge in [0, 0.05) is 27.4 Å². The second-order valence-electron chi connectivity index (χ2n) is 5.17. The molecule has 21 heavy (non-hydrogen) atoms. The minimum absolute atomic E-state index is 0.0269. The first-order valence-corrected chi connectivity index (χ1v) is 10.7. The third-order valence-electron chi connectivity index (χ3n) is 2.98. The van der Waals surface area contributed by atoms with Gasteiger partial charge in [-0.1, -0.05) is 0 Å². The lowest BCUT2D eigenvalue weighted by molar-refractivity contribution is 0.536. The Labute approximate surface area is 141 Å². The van der Waals surface area contributed by atoms with E-state index in [1.165, 1.54) is 26.0 Å². The number of nitrogens with two attached hydrogens (primary N) is 1. The number of benzene rings is 1. The zero-order valence-corrected chi connectivity index (χ0v) is 16.4. The van der Waals surface area contributed by atoms with E-state index in [9.17, 15) is 16.8 Å². The van der Waals surface area contributed by atoms with E-state index in [2.05, 4.69) is 36.6 Å². The van der Waals surface area contributed by atoms with E-state index in [1.807, 2.05) is 0 Å². The molecule has 120 valence electrons. The van der Waals surface area contributed by atoms with Crippen molar-refractivity contribution < 1.29 is 16.8 Å². The molecule has 0 heterocycles. The van der Waals surface area contributed by atoms with E-state index in [1.54, 1.807) is 0 Å². The Morgan fingerprint density at radius 2 is 1.57 bits per heavy atom. The van der Waals surface area contributed by atoms with Crippen LogP contribution >= 0.6 is 31.9 Å². The van der Waals surface area contributed by atoms with Gasteiger partial charge in [0.2, 0.25) is 10.0 Å². The van der Waals surface area contributed by atoms with E-state index in [0.717, 1.165) is 6.26 Å². The molecule has 3 N–H and O–H groups in total. The third-order valence-corrected chi connectivity index (χ3v) is 8.41. The molecule has 0 radical (unpaired) electrons. The summed E-state index contributed by atoms with van der Waals surface area (Å²) in [5.74, 6) is 0. The van der Waals surface area contributed by atoms with Crippen LogP contribution in [0.3, 0.4) is 0 Å². The smallest absolute Gasteiger partial charge is 0.242 e. The molecule has 1 aromatic carbocycles. The lowest BCUT2D eigenvalue weighted by Gasteiger charge is -2.23. The summed E-state index contributed by atoms with van der Waals surface area (Å²) in [6.07, 6.45) is 1.07. The van der Waals surface area contributed by atoms with Gasteiger partial charge in [-0.05, 0) is 57.8 Å². The standard InChI is InChI=1S/C11H16Br2N2O4S2/c1-11(2,20(3,16)17)6-15-21(18,19)10-8(12)4-7(14)5-9(10)13/h4-5,15H,6,14H2,1-3H3. The van der Waals surface area contributed by atoms with Gasteiger partial charge >= 0.3 is 0 Å². The van der Waals surface area contributed by atoms with Gasteiger partial charge in [-0.2, -0.15) is 0 Å². The van der Waals surface area contributed by atoms with Gasteiger partial charge in [0.1, 0.15) is 4.90 Å². The molecule has 0 atom stereocenters. The van der Waals surface area contributed by atoms with Crippen LogP contribution in [0.4, 0.5) is 5.69 Å². The molecule has 0 fully saturated rings. The van der Waals surface area contributed by atoms with Gasteiger partial charge in [-0.15, -0.1) is 0 Å². The topological polar surface area (TPSA) is 106 Å². The molecule has 0 aliphatic rings. The van der Waals surface area contributed by atoms with Crippen LogP contribution in [0.5, 0.6) is 0 Å². The summed E-state index contributed by atoms with van der Waals surface area (Å²) in [5.41, 5.74) is 6.01. The normalized spacial score (nSPS) is 13.4. The highest BCUT2D eigenvalue weighted by Gasteiger charge is 2.32. The number of rotatable bonds is 5. The molecule has 1 rings (SSSR count). The molecule has 0 saturated heterocycles. The number of nitrogens with one attached hydrogen (secondary N) is 1. The van der Waals surface area contributed by atoms with Gasteiger partial charge in [0.05, 0.1) is 4.75 Å². The van der Waals surface area contributed by atoms with Gasteiger partial charge in [-0.25, -0.2) is 21.6 Å². The number of nitrogen functional groups attached to an aromatic ring is 1. The SMILES string of the molecule is CC(C)(CNS(=O)(=O)c1c(Br)cc(N)cc1Br)S(C)(=O)=O. The van der Waals surface area contributed by atoms with Crippen LogP contribution in [0.25, 0.3) is 0 Å². The van der Waals surface area contributed by atoms with Crippen molar-refractivity contribution in [2.24, 2.45) is 0 Å². The van der Waals surface area contributed by atoms with Crippen LogP contribution in [0.2, 0.25) is 0 Å². The van der Waals surface area contributed by atoms with E-state index in [4.69, 9.17) is 5.73 Å². The molecule has 0 saturated carbocycles. The molecule has 0 unspecified atom stereocenters. The lowest BCUT2D eigenvalue weighted by Crippen LogP contribution is -2.43. The van der Waals surface area contributed by atoms with Gasteiger partial charge in [0.15, 0.2) is 9.84 Å². The second kappa shape index (κ2) is 6.15. The summed E-state index contributed by atoms with van der Waals surface area (Å²) < 4.78 is 49.6.